The van der Waals surface area contributed by atoms with Crippen LogP contribution in [0.5, 0.6) is 0 Å². The minimum Gasteiger partial charge on any atom is -0.369 e. The van der Waals surface area contributed by atoms with Crippen LogP contribution in [0.25, 0.3) is 0 Å². The molecular weight excluding hydrogens is 190 g/mol. The van der Waals surface area contributed by atoms with Crippen molar-refractivity contribution in [3.8, 4) is 0 Å². The molecule has 0 saturated heterocycles. The van der Waals surface area contributed by atoms with Gasteiger partial charge in [0.1, 0.15) is 0 Å². The second-order valence-electron chi connectivity index (χ2n) is 4.31. The number of rotatable bonds is 2. The Hall–Kier alpha value is -1.35. The highest BCUT2D eigenvalue weighted by Gasteiger charge is 2.34. The van der Waals surface area contributed by atoms with Crippen LogP contribution < -0.4 is 0 Å². The van der Waals surface area contributed by atoms with Crippen LogP contribution >= 0.6 is 0 Å². The molecule has 0 aromatic heterocycles. The van der Waals surface area contributed by atoms with Crippen LogP contribution in [0.1, 0.15) is 36.0 Å². The first-order valence-corrected chi connectivity index (χ1v) is 5.19. The summed E-state index contributed by atoms with van der Waals surface area (Å²) < 4.78 is 0. The predicted molar refractivity (Wildman–Crippen MR) is 57.3 cm³/mol. The summed E-state index contributed by atoms with van der Waals surface area (Å²) in [5.41, 5.74) is 1.36. The number of fused-ring (bicyclic) bond motifs is 1. The highest BCUT2D eigenvalue weighted by Crippen LogP contribution is 2.31. The first-order valence-electron chi connectivity index (χ1n) is 5.19. The smallest absolute Gasteiger partial charge is 0.256 e. The van der Waals surface area contributed by atoms with Crippen LogP contribution in [0.2, 0.25) is 0 Å². The van der Waals surface area contributed by atoms with Crippen molar-refractivity contribution in [2.45, 2.75) is 20.1 Å². The maximum atomic E-state index is 11.9. The number of carbonyl (C=O) groups excluding carboxylic acids is 1. The lowest BCUT2D eigenvalue weighted by atomic mass is 10.1. The zero-order valence-corrected chi connectivity index (χ0v) is 8.97. The van der Waals surface area contributed by atoms with E-state index in [1.54, 1.807) is 12.1 Å². The maximum absolute atomic E-state index is 11.9. The fourth-order valence-corrected chi connectivity index (χ4v) is 1.93. The number of hydrogen-bond donors (Lipinski definition) is 1. The van der Waals surface area contributed by atoms with Crippen LogP contribution in [0.3, 0.4) is 0 Å². The molecule has 15 heavy (non-hydrogen) atoms. The summed E-state index contributed by atoms with van der Waals surface area (Å²) in [7, 11) is 0. The molecule has 0 saturated carbocycles. The van der Waals surface area contributed by atoms with Crippen molar-refractivity contribution in [1.29, 1.82) is 0 Å². The second kappa shape index (κ2) is 3.66. The van der Waals surface area contributed by atoms with Crippen molar-refractivity contribution >= 4 is 5.91 Å². The van der Waals surface area contributed by atoms with Crippen molar-refractivity contribution in [3.05, 3.63) is 35.4 Å². The molecule has 80 valence electrons. The van der Waals surface area contributed by atoms with Crippen LogP contribution in [0.4, 0.5) is 0 Å². The van der Waals surface area contributed by atoms with E-state index in [0.717, 1.165) is 5.56 Å². The van der Waals surface area contributed by atoms with E-state index < -0.39 is 6.23 Å². The third kappa shape index (κ3) is 1.63. The zero-order valence-electron chi connectivity index (χ0n) is 8.97. The minimum atomic E-state index is -0.768. The molecule has 3 nitrogen and oxygen atoms in total. The second-order valence-corrected chi connectivity index (χ2v) is 4.31. The Morgan fingerprint density at radius 1 is 1.40 bits per heavy atom. The molecule has 0 spiro atoms. The van der Waals surface area contributed by atoms with Crippen molar-refractivity contribution in [2.75, 3.05) is 6.54 Å². The average Bonchev–Trinajstić information content (AvgIpc) is 2.44. The lowest BCUT2D eigenvalue weighted by molar-refractivity contribution is 0.0127. The summed E-state index contributed by atoms with van der Waals surface area (Å²) in [5, 5.41) is 9.97. The molecule has 1 heterocycles. The van der Waals surface area contributed by atoms with Crippen LogP contribution in [-0.2, 0) is 0 Å². The van der Waals surface area contributed by atoms with E-state index in [0.29, 0.717) is 18.0 Å². The number of nitrogens with zero attached hydrogens (tertiary/aromatic N) is 1. The van der Waals surface area contributed by atoms with Gasteiger partial charge in [0, 0.05) is 17.7 Å². The number of benzene rings is 1. The Bertz CT molecular complexity index is 387. The molecule has 1 N–H and O–H groups in total. The van der Waals surface area contributed by atoms with Gasteiger partial charge < -0.3 is 10.0 Å². The Labute approximate surface area is 89.3 Å². The normalized spacial score (nSPS) is 19.9. The molecule has 1 unspecified atom stereocenters. The molecule has 1 aromatic carbocycles. The summed E-state index contributed by atoms with van der Waals surface area (Å²) in [5.74, 6) is 0.296. The summed E-state index contributed by atoms with van der Waals surface area (Å²) in [6, 6.07) is 7.23. The fraction of sp³-hybridized carbons (Fsp3) is 0.417. The monoisotopic (exact) mass is 205 g/mol. The first kappa shape index (κ1) is 10.2. The van der Waals surface area contributed by atoms with E-state index in [2.05, 4.69) is 0 Å². The zero-order chi connectivity index (χ0) is 11.0. The first-order chi connectivity index (χ1) is 7.11. The molecule has 0 fully saturated rings. The molecule has 1 aliphatic rings. The van der Waals surface area contributed by atoms with Gasteiger partial charge in [0.15, 0.2) is 6.23 Å². The number of amides is 1. The van der Waals surface area contributed by atoms with E-state index >= 15 is 0 Å². The molecule has 1 aliphatic heterocycles. The van der Waals surface area contributed by atoms with Crippen LogP contribution in [-0.4, -0.2) is 22.5 Å². The van der Waals surface area contributed by atoms with Gasteiger partial charge in [0.05, 0.1) is 0 Å². The number of aliphatic hydroxyl groups excluding tert-OH is 1. The van der Waals surface area contributed by atoms with E-state index in [1.165, 1.54) is 4.90 Å². The summed E-state index contributed by atoms with van der Waals surface area (Å²) in [6.45, 7) is 4.65. The Balaban J connectivity index is 2.32. The average molecular weight is 205 g/mol. The van der Waals surface area contributed by atoms with Gasteiger partial charge in [0.2, 0.25) is 0 Å². The highest BCUT2D eigenvalue weighted by atomic mass is 16.3. The largest absolute Gasteiger partial charge is 0.369 e. The quantitative estimate of drug-likeness (QED) is 0.799. The van der Waals surface area contributed by atoms with E-state index in [9.17, 15) is 9.90 Å². The standard InChI is InChI=1S/C12H15NO2/c1-8(2)7-13-11(14)9-5-3-4-6-10(9)12(13)15/h3-6,8,11,14H,7H2,1-2H3. The van der Waals surface area contributed by atoms with Gasteiger partial charge in [-0.05, 0) is 12.0 Å². The lowest BCUT2D eigenvalue weighted by Crippen LogP contribution is -2.31. The van der Waals surface area contributed by atoms with Gasteiger partial charge >= 0.3 is 0 Å². The van der Waals surface area contributed by atoms with Gasteiger partial charge in [0.25, 0.3) is 5.91 Å². The molecule has 0 radical (unpaired) electrons. The Morgan fingerprint density at radius 2 is 2.07 bits per heavy atom. The molecule has 3 heteroatoms. The summed E-state index contributed by atoms with van der Waals surface area (Å²) >= 11 is 0. The van der Waals surface area contributed by atoms with E-state index in [-0.39, 0.29) is 5.91 Å². The topological polar surface area (TPSA) is 40.5 Å². The van der Waals surface area contributed by atoms with Crippen molar-refractivity contribution in [2.24, 2.45) is 5.92 Å². The van der Waals surface area contributed by atoms with Crippen LogP contribution in [0.15, 0.2) is 24.3 Å². The summed E-state index contributed by atoms with van der Waals surface area (Å²) in [4.78, 5) is 13.4. The SMILES string of the molecule is CC(C)CN1C(=O)c2ccccc2C1O. The van der Waals surface area contributed by atoms with E-state index in [1.807, 2.05) is 26.0 Å². The molecule has 1 atom stereocenters. The molecule has 0 bridgehead atoms. The number of hydrogen-bond acceptors (Lipinski definition) is 2. The molecular formula is C12H15NO2. The number of carbonyl (C=O) groups is 1. The predicted octanol–water partition coefficient (Wildman–Crippen LogP) is 1.79. The Morgan fingerprint density at radius 3 is 2.67 bits per heavy atom. The van der Waals surface area contributed by atoms with Gasteiger partial charge in [-0.25, -0.2) is 0 Å². The van der Waals surface area contributed by atoms with Gasteiger partial charge in [-0.2, -0.15) is 0 Å². The van der Waals surface area contributed by atoms with Crippen molar-refractivity contribution < 1.29 is 9.90 Å². The van der Waals surface area contributed by atoms with Crippen molar-refractivity contribution in [1.82, 2.24) is 4.90 Å². The third-order valence-electron chi connectivity index (χ3n) is 2.59. The Kier molecular flexibility index (Phi) is 2.49. The molecule has 1 aromatic rings. The molecule has 2 rings (SSSR count). The highest BCUT2D eigenvalue weighted by molar-refractivity contribution is 5.98. The van der Waals surface area contributed by atoms with Gasteiger partial charge in [-0.15, -0.1) is 0 Å². The van der Waals surface area contributed by atoms with E-state index in [4.69, 9.17) is 0 Å². The third-order valence-corrected chi connectivity index (χ3v) is 2.59. The minimum absolute atomic E-state index is 0.0631. The van der Waals surface area contributed by atoms with Crippen molar-refractivity contribution in [3.63, 3.8) is 0 Å². The van der Waals surface area contributed by atoms with Crippen LogP contribution in [0, 0.1) is 5.92 Å². The number of aliphatic hydroxyl groups is 1. The summed E-state index contributed by atoms with van der Waals surface area (Å²) in [6.07, 6.45) is -0.768. The molecule has 0 aliphatic carbocycles. The van der Waals surface area contributed by atoms with Gasteiger partial charge in [-0.1, -0.05) is 32.0 Å². The maximum Gasteiger partial charge on any atom is 0.256 e. The van der Waals surface area contributed by atoms with Gasteiger partial charge in [-0.3, -0.25) is 4.79 Å². The lowest BCUT2D eigenvalue weighted by Gasteiger charge is -2.22. The molecule has 1 amide bonds. The fourth-order valence-electron chi connectivity index (χ4n) is 1.93.